The van der Waals surface area contributed by atoms with Crippen LogP contribution in [0.4, 0.5) is 29.3 Å². The smallest absolute Gasteiger partial charge is 0.490 e. The average molecular weight is 780 g/mol. The summed E-state index contributed by atoms with van der Waals surface area (Å²) in [5.41, 5.74) is 1.86. The average Bonchev–Trinajstić information content (AvgIpc) is 3.62. The van der Waals surface area contributed by atoms with Crippen molar-refractivity contribution < 1.29 is 50.6 Å². The molecule has 53 heavy (non-hydrogen) atoms. The van der Waals surface area contributed by atoms with E-state index in [4.69, 9.17) is 36.8 Å². The fourth-order valence-electron chi connectivity index (χ4n) is 5.73. The van der Waals surface area contributed by atoms with E-state index in [1.165, 1.54) is 31.4 Å². The summed E-state index contributed by atoms with van der Waals surface area (Å²) in [7, 11) is -1.04. The van der Waals surface area contributed by atoms with Gasteiger partial charge in [0.15, 0.2) is 9.84 Å². The number of hydrazine groups is 1. The number of alkyl halides is 3. The van der Waals surface area contributed by atoms with E-state index < -0.39 is 45.4 Å². The Labute approximate surface area is 308 Å². The number of amides is 2. The molecule has 0 spiro atoms. The maximum Gasteiger partial charge on any atom is 0.490 e. The number of hydrogen-bond acceptors (Lipinski definition) is 10. The molecule has 0 unspecified atom stereocenters. The standard InChI is InChI=1S/C33H36ClN5O6S.C2HF3O2/c1-20(2)46(42,43)30-12-9-24(37-33(41)45-4)18-26(30)28-6-5-15-38(28)32(40)31(22-8-11-27(34)29(17-22)44-3)39(35)25-10-7-23-19-36-14-13-21(23)16-25;3-2(4,5)1(6)7/h7-14,16-20,28,31H,5-6,15,35H2,1-4H3,(H,37,41);(H,6,7)/t28-,31-;/m1./s1. The molecule has 18 heteroatoms. The van der Waals surface area contributed by atoms with Gasteiger partial charge < -0.3 is 19.5 Å². The molecule has 2 heterocycles. The van der Waals surface area contributed by atoms with Crippen LogP contribution in [0.1, 0.15) is 49.9 Å². The molecule has 0 bridgehead atoms. The van der Waals surface area contributed by atoms with Crippen molar-refractivity contribution >= 4 is 61.6 Å². The predicted molar refractivity (Wildman–Crippen MR) is 191 cm³/mol. The second-order valence-electron chi connectivity index (χ2n) is 12.1. The molecule has 4 N–H and O–H groups in total. The van der Waals surface area contributed by atoms with Crippen molar-refractivity contribution in [3.8, 4) is 5.75 Å². The van der Waals surface area contributed by atoms with Gasteiger partial charge in [0.05, 0.1) is 41.1 Å². The van der Waals surface area contributed by atoms with Crippen LogP contribution < -0.4 is 20.9 Å². The van der Waals surface area contributed by atoms with Gasteiger partial charge in [-0.3, -0.25) is 20.1 Å². The van der Waals surface area contributed by atoms with Gasteiger partial charge in [-0.25, -0.2) is 23.8 Å². The van der Waals surface area contributed by atoms with Crippen molar-refractivity contribution in [3.05, 3.63) is 89.2 Å². The zero-order valence-corrected chi connectivity index (χ0v) is 30.5. The summed E-state index contributed by atoms with van der Waals surface area (Å²) in [5, 5.41) is 12.6. The summed E-state index contributed by atoms with van der Waals surface area (Å²) in [6, 6.07) is 15.4. The molecule has 5 rings (SSSR count). The third-order valence-electron chi connectivity index (χ3n) is 8.43. The van der Waals surface area contributed by atoms with Gasteiger partial charge in [-0.15, -0.1) is 0 Å². The Morgan fingerprint density at radius 1 is 1.06 bits per heavy atom. The molecule has 1 fully saturated rings. The minimum Gasteiger partial charge on any atom is -0.495 e. The molecular formula is C35H37ClF3N5O8S. The molecule has 284 valence electrons. The predicted octanol–water partition coefficient (Wildman–Crippen LogP) is 6.68. The molecule has 1 aliphatic rings. The molecular weight excluding hydrogens is 743 g/mol. The van der Waals surface area contributed by atoms with Gasteiger partial charge >= 0.3 is 18.2 Å². The van der Waals surface area contributed by atoms with Crippen LogP contribution in [-0.4, -0.2) is 73.6 Å². The number of halogens is 4. The first kappa shape index (κ1) is 40.6. The number of nitrogens with one attached hydrogen (secondary N) is 1. The van der Waals surface area contributed by atoms with Crippen LogP contribution >= 0.6 is 11.6 Å². The van der Waals surface area contributed by atoms with E-state index >= 15 is 0 Å². The normalized spacial score (nSPS) is 15.0. The molecule has 0 saturated carbocycles. The van der Waals surface area contributed by atoms with Crippen LogP contribution in [0.25, 0.3) is 10.8 Å². The minimum absolute atomic E-state index is 0.0973. The minimum atomic E-state index is -5.08. The first-order valence-electron chi connectivity index (χ1n) is 15.9. The van der Waals surface area contributed by atoms with E-state index in [9.17, 15) is 31.2 Å². The van der Waals surface area contributed by atoms with Gasteiger partial charge in [0, 0.05) is 30.0 Å². The fourth-order valence-corrected chi connectivity index (χ4v) is 7.21. The van der Waals surface area contributed by atoms with E-state index in [1.807, 2.05) is 24.3 Å². The van der Waals surface area contributed by atoms with Gasteiger partial charge in [0.25, 0.3) is 5.91 Å². The molecule has 3 aromatic carbocycles. The number of nitrogens with zero attached hydrogens (tertiary/aromatic N) is 3. The maximum atomic E-state index is 14.8. The summed E-state index contributed by atoms with van der Waals surface area (Å²) in [6.07, 6.45) is -1.24. The number of carbonyl (C=O) groups is 3. The lowest BCUT2D eigenvalue weighted by Crippen LogP contribution is -2.46. The Morgan fingerprint density at radius 3 is 2.38 bits per heavy atom. The summed E-state index contributed by atoms with van der Waals surface area (Å²) in [6.45, 7) is 3.57. The van der Waals surface area contributed by atoms with E-state index in [0.29, 0.717) is 52.7 Å². The zero-order valence-electron chi connectivity index (χ0n) is 28.9. The third kappa shape index (κ3) is 9.27. The summed E-state index contributed by atoms with van der Waals surface area (Å²) in [5.74, 6) is 4.09. The highest BCUT2D eigenvalue weighted by molar-refractivity contribution is 7.92. The number of fused-ring (bicyclic) bond motifs is 1. The van der Waals surface area contributed by atoms with Crippen molar-refractivity contribution in [2.45, 2.75) is 55.1 Å². The van der Waals surface area contributed by atoms with E-state index in [1.54, 1.807) is 55.4 Å². The molecule has 1 saturated heterocycles. The van der Waals surface area contributed by atoms with Gasteiger partial charge in [-0.2, -0.15) is 13.2 Å². The van der Waals surface area contributed by atoms with E-state index in [-0.39, 0.29) is 10.8 Å². The lowest BCUT2D eigenvalue weighted by molar-refractivity contribution is -0.192. The van der Waals surface area contributed by atoms with Gasteiger partial charge in [-0.1, -0.05) is 23.7 Å². The molecule has 2 amide bonds. The van der Waals surface area contributed by atoms with Crippen LogP contribution in [0.15, 0.2) is 78.0 Å². The Morgan fingerprint density at radius 2 is 1.75 bits per heavy atom. The molecule has 4 aromatic rings. The number of methoxy groups -OCH3 is 2. The first-order valence-corrected chi connectivity index (χ1v) is 17.9. The maximum absolute atomic E-state index is 14.8. The summed E-state index contributed by atoms with van der Waals surface area (Å²) >= 11 is 6.35. The number of hydrogen-bond donors (Lipinski definition) is 3. The van der Waals surface area contributed by atoms with Crippen LogP contribution in [0, 0.1) is 0 Å². The highest BCUT2D eigenvalue weighted by atomic mass is 35.5. The monoisotopic (exact) mass is 779 g/mol. The number of carbonyl (C=O) groups excluding carboxylic acids is 2. The third-order valence-corrected chi connectivity index (χ3v) is 11.0. The number of pyridine rings is 1. The van der Waals surface area contributed by atoms with Gasteiger partial charge in [0.1, 0.15) is 11.8 Å². The lowest BCUT2D eigenvalue weighted by Gasteiger charge is -2.35. The number of sulfone groups is 1. The van der Waals surface area contributed by atoms with Crippen LogP contribution in [0.3, 0.4) is 0 Å². The van der Waals surface area contributed by atoms with E-state index in [2.05, 4.69) is 10.3 Å². The summed E-state index contributed by atoms with van der Waals surface area (Å²) in [4.78, 5) is 41.6. The van der Waals surface area contributed by atoms with Crippen molar-refractivity contribution in [2.75, 3.05) is 31.1 Å². The molecule has 2 atom stereocenters. The first-order chi connectivity index (χ1) is 24.9. The highest BCUT2D eigenvalue weighted by Crippen LogP contribution is 2.41. The number of benzene rings is 3. The number of anilines is 2. The highest BCUT2D eigenvalue weighted by Gasteiger charge is 2.40. The Hall–Kier alpha value is -5.13. The molecule has 0 aliphatic carbocycles. The van der Waals surface area contributed by atoms with Crippen molar-refractivity contribution in [1.29, 1.82) is 0 Å². The number of aromatic nitrogens is 1. The molecule has 1 aromatic heterocycles. The van der Waals surface area contributed by atoms with Gasteiger partial charge in [-0.05, 0) is 91.7 Å². The number of rotatable bonds is 9. The van der Waals surface area contributed by atoms with Crippen molar-refractivity contribution in [3.63, 3.8) is 0 Å². The topological polar surface area (TPSA) is 181 Å². The SMILES string of the molecule is COC(=O)Nc1ccc(S(=O)(=O)C(C)C)c([C@H]2CCCN2C(=O)[C@@H](c2ccc(Cl)c(OC)c2)N(N)c2ccc3cnccc3c2)c1.O=C(O)C(F)(F)F. The quantitative estimate of drug-likeness (QED) is 0.122. The Balaban J connectivity index is 0.000000815. The zero-order chi connectivity index (χ0) is 39.2. The number of aliphatic carboxylic acids is 1. The second-order valence-corrected chi connectivity index (χ2v) is 14.9. The van der Waals surface area contributed by atoms with Crippen molar-refractivity contribution in [1.82, 2.24) is 9.88 Å². The summed E-state index contributed by atoms with van der Waals surface area (Å²) < 4.78 is 69.1. The molecule has 13 nitrogen and oxygen atoms in total. The number of carboxylic acid groups (broad SMARTS) is 1. The molecule has 0 radical (unpaired) electrons. The molecule has 1 aliphatic heterocycles. The van der Waals surface area contributed by atoms with Crippen molar-refractivity contribution in [2.24, 2.45) is 5.84 Å². The number of nitrogens with two attached hydrogens (primary N) is 1. The van der Waals surface area contributed by atoms with E-state index in [0.717, 1.165) is 10.8 Å². The van der Waals surface area contributed by atoms with Crippen LogP contribution in [0.2, 0.25) is 5.02 Å². The number of ether oxygens (including phenoxy) is 2. The fraction of sp³-hybridized carbons (Fsp3) is 0.314. The number of carboxylic acids is 1. The number of likely N-dealkylation sites (tertiary alicyclic amines) is 1. The van der Waals surface area contributed by atoms with Gasteiger partial charge in [0.2, 0.25) is 0 Å². The largest absolute Gasteiger partial charge is 0.495 e. The van der Waals surface area contributed by atoms with Crippen LogP contribution in [0.5, 0.6) is 5.75 Å². The Kier molecular flexibility index (Phi) is 12.8. The lowest BCUT2D eigenvalue weighted by atomic mass is 10.00. The van der Waals surface area contributed by atoms with Crippen LogP contribution in [-0.2, 0) is 24.2 Å². The second kappa shape index (κ2) is 16.7. The Bertz CT molecular complexity index is 2100.